The smallest absolute Gasteiger partial charge is 0.260 e. The van der Waals surface area contributed by atoms with E-state index in [0.717, 1.165) is 16.5 Å². The van der Waals surface area contributed by atoms with Crippen molar-refractivity contribution in [1.29, 1.82) is 0 Å². The third-order valence-corrected chi connectivity index (χ3v) is 3.93. The number of hydrogen-bond acceptors (Lipinski definition) is 4. The van der Waals surface area contributed by atoms with Gasteiger partial charge in [0.25, 0.3) is 5.91 Å². The van der Waals surface area contributed by atoms with Gasteiger partial charge in [-0.05, 0) is 35.0 Å². The Labute approximate surface area is 146 Å². The van der Waals surface area contributed by atoms with Gasteiger partial charge in [0.15, 0.2) is 6.61 Å². The molecule has 0 saturated carbocycles. The first kappa shape index (κ1) is 17.0. The molecule has 3 aromatic rings. The summed E-state index contributed by atoms with van der Waals surface area (Å²) in [6.45, 7) is 1.32. The zero-order valence-electron chi connectivity index (χ0n) is 14.2. The lowest BCUT2D eigenvalue weighted by molar-refractivity contribution is -0.134. The summed E-state index contributed by atoms with van der Waals surface area (Å²) in [7, 11) is 1.61. The molecular formula is C20H21NO4. The van der Waals surface area contributed by atoms with E-state index in [1.807, 2.05) is 48.5 Å². The van der Waals surface area contributed by atoms with Crippen LogP contribution in [0.3, 0.4) is 0 Å². The van der Waals surface area contributed by atoms with Crippen molar-refractivity contribution in [3.05, 3.63) is 66.6 Å². The van der Waals surface area contributed by atoms with Crippen LogP contribution < -0.4 is 4.74 Å². The summed E-state index contributed by atoms with van der Waals surface area (Å²) in [6, 6.07) is 17.5. The molecule has 130 valence electrons. The van der Waals surface area contributed by atoms with Crippen LogP contribution in [0, 0.1) is 0 Å². The highest BCUT2D eigenvalue weighted by atomic mass is 16.5. The van der Waals surface area contributed by atoms with Crippen LogP contribution >= 0.6 is 0 Å². The third-order valence-electron chi connectivity index (χ3n) is 3.93. The van der Waals surface area contributed by atoms with E-state index in [1.54, 1.807) is 24.3 Å². The number of furan rings is 1. The average Bonchev–Trinajstić information content (AvgIpc) is 3.16. The highest BCUT2D eigenvalue weighted by Crippen LogP contribution is 2.20. The number of ether oxygens (including phenoxy) is 2. The van der Waals surface area contributed by atoms with Gasteiger partial charge in [-0.2, -0.15) is 0 Å². The zero-order chi connectivity index (χ0) is 17.5. The second-order valence-corrected chi connectivity index (χ2v) is 5.69. The molecule has 0 saturated heterocycles. The van der Waals surface area contributed by atoms with E-state index in [-0.39, 0.29) is 12.5 Å². The SMILES string of the molecule is COCCN(Cc1ccco1)C(=O)COc1ccc2ccccc2c1. The Morgan fingerprint density at radius 3 is 2.68 bits per heavy atom. The van der Waals surface area contributed by atoms with Crippen molar-refractivity contribution in [2.45, 2.75) is 6.54 Å². The molecule has 1 heterocycles. The van der Waals surface area contributed by atoms with Gasteiger partial charge in [-0.3, -0.25) is 4.79 Å². The number of fused-ring (bicyclic) bond motifs is 1. The van der Waals surface area contributed by atoms with E-state index in [2.05, 4.69) is 0 Å². The highest BCUT2D eigenvalue weighted by Gasteiger charge is 2.16. The Morgan fingerprint density at radius 2 is 1.92 bits per heavy atom. The molecule has 1 aromatic heterocycles. The lowest BCUT2D eigenvalue weighted by Gasteiger charge is -2.21. The quantitative estimate of drug-likeness (QED) is 0.630. The minimum absolute atomic E-state index is 0.0250. The lowest BCUT2D eigenvalue weighted by atomic mass is 10.1. The molecule has 1 amide bonds. The summed E-state index contributed by atoms with van der Waals surface area (Å²) in [6.07, 6.45) is 1.60. The molecule has 5 heteroatoms. The first-order valence-electron chi connectivity index (χ1n) is 8.17. The Morgan fingerprint density at radius 1 is 1.08 bits per heavy atom. The summed E-state index contributed by atoms with van der Waals surface area (Å²) in [4.78, 5) is 14.2. The Hall–Kier alpha value is -2.79. The van der Waals surface area contributed by atoms with Crippen LogP contribution in [0.25, 0.3) is 10.8 Å². The molecule has 5 nitrogen and oxygen atoms in total. The number of methoxy groups -OCH3 is 1. The van der Waals surface area contributed by atoms with Crippen LogP contribution in [0.5, 0.6) is 5.75 Å². The second-order valence-electron chi connectivity index (χ2n) is 5.69. The van der Waals surface area contributed by atoms with Gasteiger partial charge in [0.2, 0.25) is 0 Å². The van der Waals surface area contributed by atoms with Gasteiger partial charge >= 0.3 is 0 Å². The minimum Gasteiger partial charge on any atom is -0.484 e. The highest BCUT2D eigenvalue weighted by molar-refractivity contribution is 5.84. The molecule has 2 aromatic carbocycles. The lowest BCUT2D eigenvalue weighted by Crippen LogP contribution is -2.36. The largest absolute Gasteiger partial charge is 0.484 e. The number of rotatable bonds is 8. The van der Waals surface area contributed by atoms with Crippen LogP contribution in [0.4, 0.5) is 0 Å². The summed E-state index contributed by atoms with van der Waals surface area (Å²) >= 11 is 0. The summed E-state index contributed by atoms with van der Waals surface area (Å²) in [5, 5.41) is 2.22. The van der Waals surface area contributed by atoms with Gasteiger partial charge in [0, 0.05) is 13.7 Å². The first-order chi connectivity index (χ1) is 12.3. The average molecular weight is 339 g/mol. The fraction of sp³-hybridized carbons (Fsp3) is 0.250. The van der Waals surface area contributed by atoms with Gasteiger partial charge in [-0.15, -0.1) is 0 Å². The fourth-order valence-corrected chi connectivity index (χ4v) is 2.58. The van der Waals surface area contributed by atoms with Crippen LogP contribution in [-0.4, -0.2) is 37.7 Å². The molecule has 0 spiro atoms. The maximum absolute atomic E-state index is 12.5. The fourth-order valence-electron chi connectivity index (χ4n) is 2.58. The molecule has 0 atom stereocenters. The van der Waals surface area contributed by atoms with Crippen molar-refractivity contribution in [2.75, 3.05) is 26.9 Å². The number of hydrogen-bond donors (Lipinski definition) is 0. The topological polar surface area (TPSA) is 51.9 Å². The molecule has 0 unspecified atom stereocenters. The van der Waals surface area contributed by atoms with Gasteiger partial charge in [-0.1, -0.05) is 30.3 Å². The van der Waals surface area contributed by atoms with Gasteiger partial charge in [0.05, 0.1) is 19.4 Å². The number of nitrogens with zero attached hydrogens (tertiary/aromatic N) is 1. The normalized spacial score (nSPS) is 10.8. The summed E-state index contributed by atoms with van der Waals surface area (Å²) in [5.74, 6) is 1.30. The molecule has 0 radical (unpaired) electrons. The van der Waals surface area contributed by atoms with Gasteiger partial charge in [-0.25, -0.2) is 0 Å². The second kappa shape index (κ2) is 8.35. The number of amides is 1. The molecule has 25 heavy (non-hydrogen) atoms. The molecule has 3 rings (SSSR count). The van der Waals surface area contributed by atoms with Gasteiger partial charge < -0.3 is 18.8 Å². The van der Waals surface area contributed by atoms with Crippen molar-refractivity contribution in [3.63, 3.8) is 0 Å². The number of carbonyl (C=O) groups is 1. The van der Waals surface area contributed by atoms with E-state index < -0.39 is 0 Å². The summed E-state index contributed by atoms with van der Waals surface area (Å²) in [5.41, 5.74) is 0. The third kappa shape index (κ3) is 4.61. The van der Waals surface area contributed by atoms with Crippen molar-refractivity contribution < 1.29 is 18.7 Å². The van der Waals surface area contributed by atoms with Crippen LogP contribution in [0.2, 0.25) is 0 Å². The Balaban J connectivity index is 1.62. The monoisotopic (exact) mass is 339 g/mol. The predicted molar refractivity (Wildman–Crippen MR) is 95.4 cm³/mol. The number of carbonyl (C=O) groups excluding carboxylic acids is 1. The molecule has 0 aliphatic rings. The van der Waals surface area contributed by atoms with E-state index in [0.29, 0.717) is 25.4 Å². The standard InChI is InChI=1S/C20H21NO4/c1-23-12-10-21(14-19-7-4-11-24-19)20(22)15-25-18-9-8-16-5-2-3-6-17(16)13-18/h2-9,11,13H,10,12,14-15H2,1H3. The van der Waals surface area contributed by atoms with Crippen LogP contribution in [-0.2, 0) is 16.1 Å². The van der Waals surface area contributed by atoms with E-state index in [9.17, 15) is 4.79 Å². The summed E-state index contributed by atoms with van der Waals surface area (Å²) < 4.78 is 16.1. The molecule has 0 N–H and O–H groups in total. The molecule has 0 aliphatic carbocycles. The zero-order valence-corrected chi connectivity index (χ0v) is 14.2. The van der Waals surface area contributed by atoms with Crippen molar-refractivity contribution in [1.82, 2.24) is 4.90 Å². The van der Waals surface area contributed by atoms with E-state index >= 15 is 0 Å². The molecular weight excluding hydrogens is 318 g/mol. The van der Waals surface area contributed by atoms with Crippen LogP contribution in [0.15, 0.2) is 65.3 Å². The predicted octanol–water partition coefficient (Wildman–Crippen LogP) is 3.49. The van der Waals surface area contributed by atoms with Gasteiger partial charge in [0.1, 0.15) is 11.5 Å². The molecule has 0 bridgehead atoms. The molecule has 0 aliphatic heterocycles. The van der Waals surface area contributed by atoms with Crippen LogP contribution in [0.1, 0.15) is 5.76 Å². The van der Waals surface area contributed by atoms with Crippen molar-refractivity contribution in [2.24, 2.45) is 0 Å². The van der Waals surface area contributed by atoms with E-state index in [1.165, 1.54) is 0 Å². The number of benzene rings is 2. The van der Waals surface area contributed by atoms with E-state index in [4.69, 9.17) is 13.9 Å². The maximum Gasteiger partial charge on any atom is 0.260 e. The van der Waals surface area contributed by atoms with Crippen molar-refractivity contribution in [3.8, 4) is 5.75 Å². The molecule has 0 fully saturated rings. The Kier molecular flexibility index (Phi) is 5.69. The van der Waals surface area contributed by atoms with Crippen molar-refractivity contribution >= 4 is 16.7 Å². The Bertz CT molecular complexity index is 813. The maximum atomic E-state index is 12.5. The minimum atomic E-state index is -0.110. The first-order valence-corrected chi connectivity index (χ1v) is 8.17.